The zero-order valence-electron chi connectivity index (χ0n) is 29.2. The van der Waals surface area contributed by atoms with Gasteiger partial charge in [0.25, 0.3) is 11.8 Å². The standard InChI is InChI=1S/C38H42Cl3N5O4S/c1-5-8-17-44(18-9-6-2)37(48)35-34(41)24(4)46(42-35)33-14-11-27(22-29(33)38(49)50-7-3)36(47)43-51-28-12-15-32-26(21-28)16-19-45(32)23-25-10-13-30(39)31(40)20-25/h10-15,20-22H,5-9,16-19,23H2,1-4H3,(H,43,47). The topological polar surface area (TPSA) is 96.8 Å². The van der Waals surface area contributed by atoms with Crippen molar-refractivity contribution in [3.05, 3.63) is 103 Å². The van der Waals surface area contributed by atoms with Crippen LogP contribution in [-0.2, 0) is 17.7 Å². The second-order valence-electron chi connectivity index (χ2n) is 12.4. The van der Waals surface area contributed by atoms with Crippen LogP contribution in [0.15, 0.2) is 59.5 Å². The molecule has 13 heteroatoms. The lowest BCUT2D eigenvalue weighted by atomic mass is 10.1. The van der Waals surface area contributed by atoms with Crippen molar-refractivity contribution in [3.63, 3.8) is 0 Å². The predicted molar refractivity (Wildman–Crippen MR) is 206 cm³/mol. The first-order chi connectivity index (χ1) is 24.6. The summed E-state index contributed by atoms with van der Waals surface area (Å²) >= 11 is 20.2. The number of nitrogens with zero attached hydrogens (tertiary/aromatic N) is 4. The molecule has 2 amide bonds. The minimum absolute atomic E-state index is 0.126. The molecule has 51 heavy (non-hydrogen) atoms. The van der Waals surface area contributed by atoms with Gasteiger partial charge in [-0.2, -0.15) is 5.10 Å². The fraction of sp³-hybridized carbons (Fsp3) is 0.368. The maximum absolute atomic E-state index is 13.6. The number of halogens is 3. The van der Waals surface area contributed by atoms with Crippen molar-refractivity contribution in [2.75, 3.05) is 31.1 Å². The van der Waals surface area contributed by atoms with Crippen LogP contribution in [0.4, 0.5) is 5.69 Å². The molecular weight excluding hydrogens is 729 g/mol. The van der Waals surface area contributed by atoms with Gasteiger partial charge in [0.05, 0.1) is 38.6 Å². The third-order valence-corrected chi connectivity index (χ3v) is 10.7. The summed E-state index contributed by atoms with van der Waals surface area (Å²) < 4.78 is 9.74. The number of aromatic nitrogens is 2. The Morgan fingerprint density at radius 1 is 0.922 bits per heavy atom. The Morgan fingerprint density at radius 3 is 2.33 bits per heavy atom. The number of esters is 1. The molecule has 5 rings (SSSR count). The molecule has 3 aromatic carbocycles. The van der Waals surface area contributed by atoms with Gasteiger partial charge in [-0.25, -0.2) is 9.48 Å². The van der Waals surface area contributed by atoms with Crippen molar-refractivity contribution in [3.8, 4) is 5.69 Å². The highest BCUT2D eigenvalue weighted by atomic mass is 35.5. The van der Waals surface area contributed by atoms with Gasteiger partial charge in [0.2, 0.25) is 0 Å². The highest BCUT2D eigenvalue weighted by molar-refractivity contribution is 7.98. The number of ether oxygens (including phenoxy) is 1. The molecule has 0 saturated carbocycles. The van der Waals surface area contributed by atoms with E-state index < -0.39 is 5.97 Å². The Bertz CT molecular complexity index is 1910. The number of unbranched alkanes of at least 4 members (excludes halogenated alkanes) is 2. The minimum Gasteiger partial charge on any atom is -0.462 e. The number of anilines is 1. The first kappa shape index (κ1) is 38.5. The maximum atomic E-state index is 13.6. The van der Waals surface area contributed by atoms with Crippen molar-refractivity contribution in [2.24, 2.45) is 0 Å². The van der Waals surface area contributed by atoms with E-state index in [2.05, 4.69) is 40.7 Å². The van der Waals surface area contributed by atoms with Gasteiger partial charge in [-0.3, -0.25) is 14.3 Å². The Balaban J connectivity index is 1.33. The summed E-state index contributed by atoms with van der Waals surface area (Å²) in [5, 5.41) is 5.89. The highest BCUT2D eigenvalue weighted by Gasteiger charge is 2.27. The Hall–Kier alpha value is -3.70. The minimum atomic E-state index is -0.620. The summed E-state index contributed by atoms with van der Waals surface area (Å²) in [5.74, 6) is -1.25. The van der Waals surface area contributed by atoms with Gasteiger partial charge in [0.15, 0.2) is 5.69 Å². The van der Waals surface area contributed by atoms with Crippen molar-refractivity contribution < 1.29 is 19.1 Å². The first-order valence-electron chi connectivity index (χ1n) is 17.2. The van der Waals surface area contributed by atoms with Gasteiger partial charge in [-0.05, 0) is 105 Å². The highest BCUT2D eigenvalue weighted by Crippen LogP contribution is 2.34. The van der Waals surface area contributed by atoms with E-state index >= 15 is 0 Å². The number of carbonyl (C=O) groups excluding carboxylic acids is 3. The Labute approximate surface area is 318 Å². The van der Waals surface area contributed by atoms with Gasteiger partial charge in [0, 0.05) is 42.3 Å². The smallest absolute Gasteiger partial charge is 0.340 e. The summed E-state index contributed by atoms with van der Waals surface area (Å²) in [6.07, 6.45) is 4.52. The average Bonchev–Trinajstić information content (AvgIpc) is 3.67. The summed E-state index contributed by atoms with van der Waals surface area (Å²) in [5.41, 5.74) is 4.77. The average molecular weight is 771 g/mol. The molecule has 0 bridgehead atoms. The lowest BCUT2D eigenvalue weighted by Gasteiger charge is -2.21. The van der Waals surface area contributed by atoms with E-state index in [1.165, 1.54) is 28.3 Å². The monoisotopic (exact) mass is 769 g/mol. The predicted octanol–water partition coefficient (Wildman–Crippen LogP) is 9.36. The van der Waals surface area contributed by atoms with Crippen LogP contribution >= 0.6 is 46.8 Å². The number of amides is 2. The van der Waals surface area contributed by atoms with E-state index in [1.807, 2.05) is 24.3 Å². The van der Waals surface area contributed by atoms with E-state index in [1.54, 1.807) is 30.9 Å². The van der Waals surface area contributed by atoms with Crippen molar-refractivity contribution in [1.29, 1.82) is 0 Å². The van der Waals surface area contributed by atoms with Crippen molar-refractivity contribution in [2.45, 2.75) is 71.2 Å². The van der Waals surface area contributed by atoms with Gasteiger partial charge in [-0.15, -0.1) is 0 Å². The van der Waals surface area contributed by atoms with Gasteiger partial charge in [0.1, 0.15) is 0 Å². The molecule has 1 aliphatic heterocycles. The van der Waals surface area contributed by atoms with E-state index in [-0.39, 0.29) is 40.3 Å². The van der Waals surface area contributed by atoms with Crippen LogP contribution < -0.4 is 9.62 Å². The molecule has 4 aromatic rings. The number of rotatable bonds is 15. The molecule has 0 saturated heterocycles. The molecule has 270 valence electrons. The van der Waals surface area contributed by atoms with Crippen LogP contribution in [0.1, 0.15) is 94.5 Å². The van der Waals surface area contributed by atoms with Crippen LogP contribution in [0.2, 0.25) is 15.1 Å². The molecular formula is C38H42Cl3N5O4S. The maximum Gasteiger partial charge on any atom is 0.340 e. The summed E-state index contributed by atoms with van der Waals surface area (Å²) in [6.45, 7) is 10.5. The van der Waals surface area contributed by atoms with E-state index in [0.717, 1.165) is 54.8 Å². The Morgan fingerprint density at radius 2 is 1.65 bits per heavy atom. The lowest BCUT2D eigenvalue weighted by molar-refractivity contribution is 0.0526. The van der Waals surface area contributed by atoms with E-state index in [0.29, 0.717) is 41.1 Å². The van der Waals surface area contributed by atoms with E-state index in [4.69, 9.17) is 39.5 Å². The number of carbonyl (C=O) groups is 3. The fourth-order valence-electron chi connectivity index (χ4n) is 5.95. The zero-order valence-corrected chi connectivity index (χ0v) is 32.3. The molecule has 0 atom stereocenters. The molecule has 0 fully saturated rings. The summed E-state index contributed by atoms with van der Waals surface area (Å²) in [4.78, 5) is 45.2. The van der Waals surface area contributed by atoms with Crippen LogP contribution in [-0.4, -0.2) is 58.7 Å². The zero-order chi connectivity index (χ0) is 36.7. The molecule has 0 spiro atoms. The SMILES string of the molecule is CCCCN(CCCC)C(=O)c1nn(-c2ccc(C(=O)NSc3ccc4c(c3)CCN4Cc3ccc(Cl)c(Cl)c3)cc2C(=O)OCC)c(C)c1Cl. The quantitative estimate of drug-likeness (QED) is 0.0951. The van der Waals surface area contributed by atoms with Crippen molar-refractivity contribution >= 4 is 70.2 Å². The molecule has 0 unspecified atom stereocenters. The summed E-state index contributed by atoms with van der Waals surface area (Å²) in [7, 11) is 0. The largest absolute Gasteiger partial charge is 0.462 e. The lowest BCUT2D eigenvalue weighted by Crippen LogP contribution is -2.33. The van der Waals surface area contributed by atoms with Gasteiger partial charge < -0.3 is 14.5 Å². The van der Waals surface area contributed by atoms with E-state index in [9.17, 15) is 14.4 Å². The third kappa shape index (κ3) is 9.03. The second kappa shape index (κ2) is 17.7. The van der Waals surface area contributed by atoms with Gasteiger partial charge in [-0.1, -0.05) is 67.6 Å². The fourth-order valence-corrected chi connectivity index (χ4v) is 7.13. The number of hydrogen-bond donors (Lipinski definition) is 1. The molecule has 1 aliphatic rings. The van der Waals surface area contributed by atoms with Crippen LogP contribution in [0.3, 0.4) is 0 Å². The Kier molecular flexibility index (Phi) is 13.4. The molecule has 0 aliphatic carbocycles. The third-order valence-electron chi connectivity index (χ3n) is 8.74. The van der Waals surface area contributed by atoms with Crippen molar-refractivity contribution in [1.82, 2.24) is 19.4 Å². The first-order valence-corrected chi connectivity index (χ1v) is 19.2. The number of nitrogens with one attached hydrogen (secondary N) is 1. The van der Waals surface area contributed by atoms with Crippen LogP contribution in [0.25, 0.3) is 5.69 Å². The van der Waals surface area contributed by atoms with Crippen LogP contribution in [0.5, 0.6) is 0 Å². The molecule has 9 nitrogen and oxygen atoms in total. The number of hydrogen-bond acceptors (Lipinski definition) is 7. The normalized spacial score (nSPS) is 12.2. The van der Waals surface area contributed by atoms with Gasteiger partial charge >= 0.3 is 5.97 Å². The molecule has 1 N–H and O–H groups in total. The second-order valence-corrected chi connectivity index (χ2v) is 14.4. The molecule has 2 heterocycles. The molecule has 1 aromatic heterocycles. The van der Waals surface area contributed by atoms with Crippen LogP contribution in [0, 0.1) is 6.92 Å². The molecule has 0 radical (unpaired) electrons. The number of fused-ring (bicyclic) bond motifs is 1. The number of benzene rings is 3. The summed E-state index contributed by atoms with van der Waals surface area (Å²) in [6, 6.07) is 16.5.